The van der Waals surface area contributed by atoms with Crippen LogP contribution in [0.5, 0.6) is 0 Å². The number of amides is 2. The van der Waals surface area contributed by atoms with E-state index in [2.05, 4.69) is 20.8 Å². The van der Waals surface area contributed by atoms with E-state index in [1.807, 2.05) is 65.4 Å². The summed E-state index contributed by atoms with van der Waals surface area (Å²) < 4.78 is 1.87. The van der Waals surface area contributed by atoms with E-state index in [1.54, 1.807) is 11.8 Å². The van der Waals surface area contributed by atoms with E-state index in [9.17, 15) is 9.59 Å². The summed E-state index contributed by atoms with van der Waals surface area (Å²) in [5.74, 6) is 1.12. The Hall–Kier alpha value is -2.87. The van der Waals surface area contributed by atoms with Gasteiger partial charge in [-0.1, -0.05) is 36.4 Å². The van der Waals surface area contributed by atoms with Crippen molar-refractivity contribution >= 4 is 29.2 Å². The molecule has 8 heteroatoms. The zero-order valence-electron chi connectivity index (χ0n) is 15.7. The van der Waals surface area contributed by atoms with E-state index in [0.717, 1.165) is 23.4 Å². The molecule has 2 aromatic heterocycles. The van der Waals surface area contributed by atoms with Crippen LogP contribution in [0.15, 0.2) is 54.7 Å². The standard InChI is InChI=1S/C20H23N5O2S/c1-28-12-10-16(20-24-23-17-9-5-6-11-25(17)20)22-19(27)14-21-18(26)13-15-7-3-2-4-8-15/h2-9,11,16H,10,12-14H2,1H3,(H,21,26)(H,22,27). The van der Waals surface area contributed by atoms with E-state index < -0.39 is 0 Å². The maximum Gasteiger partial charge on any atom is 0.239 e. The summed E-state index contributed by atoms with van der Waals surface area (Å²) >= 11 is 1.70. The van der Waals surface area contributed by atoms with E-state index in [-0.39, 0.29) is 30.8 Å². The van der Waals surface area contributed by atoms with E-state index in [4.69, 9.17) is 0 Å². The Morgan fingerprint density at radius 1 is 1.07 bits per heavy atom. The molecule has 0 bridgehead atoms. The van der Waals surface area contributed by atoms with Crippen LogP contribution in [-0.4, -0.2) is 45.0 Å². The molecule has 0 saturated carbocycles. The first-order valence-corrected chi connectivity index (χ1v) is 10.5. The Bertz CT molecular complexity index is 929. The van der Waals surface area contributed by atoms with Crippen molar-refractivity contribution in [2.24, 2.45) is 0 Å². The van der Waals surface area contributed by atoms with Crippen LogP contribution in [0.2, 0.25) is 0 Å². The van der Waals surface area contributed by atoms with Crippen LogP contribution >= 0.6 is 11.8 Å². The molecular weight excluding hydrogens is 374 g/mol. The Morgan fingerprint density at radius 3 is 2.64 bits per heavy atom. The second-order valence-electron chi connectivity index (χ2n) is 6.33. The number of benzene rings is 1. The molecule has 2 amide bonds. The quantitative estimate of drug-likeness (QED) is 0.577. The first-order valence-electron chi connectivity index (χ1n) is 9.06. The van der Waals surface area contributed by atoms with E-state index >= 15 is 0 Å². The fourth-order valence-corrected chi connectivity index (χ4v) is 3.34. The van der Waals surface area contributed by atoms with Gasteiger partial charge >= 0.3 is 0 Å². The maximum absolute atomic E-state index is 12.4. The number of nitrogens with zero attached hydrogens (tertiary/aromatic N) is 3. The zero-order valence-corrected chi connectivity index (χ0v) is 16.5. The predicted molar refractivity (Wildman–Crippen MR) is 110 cm³/mol. The molecule has 1 aromatic carbocycles. The minimum absolute atomic E-state index is 0.0713. The van der Waals surface area contributed by atoms with Crippen molar-refractivity contribution in [2.75, 3.05) is 18.6 Å². The van der Waals surface area contributed by atoms with Crippen LogP contribution in [0.3, 0.4) is 0 Å². The molecule has 0 aliphatic rings. The van der Waals surface area contributed by atoms with Gasteiger partial charge in [0.15, 0.2) is 11.5 Å². The van der Waals surface area contributed by atoms with Crippen LogP contribution in [0.25, 0.3) is 5.65 Å². The fourth-order valence-electron chi connectivity index (χ4n) is 2.87. The highest BCUT2D eigenvalue weighted by atomic mass is 32.2. The third kappa shape index (κ3) is 5.32. The molecule has 28 heavy (non-hydrogen) atoms. The molecule has 1 unspecified atom stereocenters. The zero-order chi connectivity index (χ0) is 19.8. The van der Waals surface area contributed by atoms with Crippen molar-refractivity contribution in [3.63, 3.8) is 0 Å². The fraction of sp³-hybridized carbons (Fsp3) is 0.300. The van der Waals surface area contributed by atoms with Crippen LogP contribution < -0.4 is 10.6 Å². The van der Waals surface area contributed by atoms with Gasteiger partial charge in [0.25, 0.3) is 0 Å². The lowest BCUT2D eigenvalue weighted by molar-refractivity contribution is -0.126. The molecule has 0 aliphatic carbocycles. The summed E-state index contributed by atoms with van der Waals surface area (Å²) in [6.07, 6.45) is 4.87. The number of fused-ring (bicyclic) bond motifs is 1. The van der Waals surface area contributed by atoms with Gasteiger partial charge in [-0.2, -0.15) is 11.8 Å². The molecule has 3 rings (SSSR count). The van der Waals surface area contributed by atoms with E-state index in [0.29, 0.717) is 5.82 Å². The summed E-state index contributed by atoms with van der Waals surface area (Å²) in [6.45, 7) is -0.0713. The lowest BCUT2D eigenvalue weighted by atomic mass is 10.1. The topological polar surface area (TPSA) is 88.4 Å². The molecule has 7 nitrogen and oxygen atoms in total. The predicted octanol–water partition coefficient (Wildman–Crippen LogP) is 2.00. The highest BCUT2D eigenvalue weighted by Gasteiger charge is 2.20. The lowest BCUT2D eigenvalue weighted by Crippen LogP contribution is -2.39. The smallest absolute Gasteiger partial charge is 0.239 e. The number of rotatable bonds is 9. The van der Waals surface area contributed by atoms with Crippen molar-refractivity contribution in [2.45, 2.75) is 18.9 Å². The third-order valence-corrected chi connectivity index (χ3v) is 4.90. The largest absolute Gasteiger partial charge is 0.347 e. The molecule has 0 spiro atoms. The van der Waals surface area contributed by atoms with Gasteiger partial charge in [-0.25, -0.2) is 0 Å². The molecule has 146 valence electrons. The average molecular weight is 398 g/mol. The first-order chi connectivity index (χ1) is 13.7. The first kappa shape index (κ1) is 19.9. The summed E-state index contributed by atoms with van der Waals surface area (Å²) in [5.41, 5.74) is 1.64. The number of pyridine rings is 1. The highest BCUT2D eigenvalue weighted by Crippen LogP contribution is 2.18. The minimum Gasteiger partial charge on any atom is -0.347 e. The number of thioether (sulfide) groups is 1. The summed E-state index contributed by atoms with van der Waals surface area (Å²) in [5, 5.41) is 14.1. The number of hydrogen-bond acceptors (Lipinski definition) is 5. The Labute approximate surface area is 167 Å². The number of carbonyl (C=O) groups is 2. The van der Waals surface area contributed by atoms with Crippen molar-refractivity contribution in [3.05, 3.63) is 66.1 Å². The molecule has 1 atom stereocenters. The normalized spacial score (nSPS) is 11.9. The maximum atomic E-state index is 12.4. The second-order valence-corrected chi connectivity index (χ2v) is 7.31. The molecule has 2 N–H and O–H groups in total. The average Bonchev–Trinajstić information content (AvgIpc) is 3.14. The van der Waals surface area contributed by atoms with Gasteiger partial charge in [0.1, 0.15) is 0 Å². The molecule has 0 fully saturated rings. The van der Waals surface area contributed by atoms with Crippen LogP contribution in [-0.2, 0) is 16.0 Å². The minimum atomic E-state index is -0.275. The van der Waals surface area contributed by atoms with Gasteiger partial charge < -0.3 is 10.6 Å². The summed E-state index contributed by atoms with van der Waals surface area (Å²) in [6, 6.07) is 14.8. The van der Waals surface area contributed by atoms with Gasteiger partial charge in [0.05, 0.1) is 19.0 Å². The van der Waals surface area contributed by atoms with Gasteiger partial charge in [0, 0.05) is 6.20 Å². The summed E-state index contributed by atoms with van der Waals surface area (Å²) in [4.78, 5) is 24.5. The highest BCUT2D eigenvalue weighted by molar-refractivity contribution is 7.98. The Morgan fingerprint density at radius 2 is 1.86 bits per heavy atom. The third-order valence-electron chi connectivity index (χ3n) is 4.25. The lowest BCUT2D eigenvalue weighted by Gasteiger charge is -2.17. The Kier molecular flexibility index (Phi) is 7.02. The van der Waals surface area contributed by atoms with Gasteiger partial charge in [-0.05, 0) is 36.1 Å². The van der Waals surface area contributed by atoms with Gasteiger partial charge in [-0.3, -0.25) is 14.0 Å². The monoisotopic (exact) mass is 397 g/mol. The van der Waals surface area contributed by atoms with Crippen molar-refractivity contribution in [3.8, 4) is 0 Å². The molecular formula is C20H23N5O2S. The van der Waals surface area contributed by atoms with Gasteiger partial charge in [-0.15, -0.1) is 10.2 Å². The Balaban J connectivity index is 1.59. The van der Waals surface area contributed by atoms with Crippen LogP contribution in [0.1, 0.15) is 23.9 Å². The molecule has 0 saturated heterocycles. The van der Waals surface area contributed by atoms with Gasteiger partial charge in [0.2, 0.25) is 11.8 Å². The number of nitrogens with one attached hydrogen (secondary N) is 2. The molecule has 2 heterocycles. The molecule has 0 radical (unpaired) electrons. The van der Waals surface area contributed by atoms with Crippen molar-refractivity contribution < 1.29 is 9.59 Å². The molecule has 3 aromatic rings. The second kappa shape index (κ2) is 9.89. The summed E-state index contributed by atoms with van der Waals surface area (Å²) in [7, 11) is 0. The number of hydrogen-bond donors (Lipinski definition) is 2. The van der Waals surface area contributed by atoms with E-state index in [1.165, 1.54) is 0 Å². The van der Waals surface area contributed by atoms with Crippen LogP contribution in [0, 0.1) is 0 Å². The van der Waals surface area contributed by atoms with Crippen LogP contribution in [0.4, 0.5) is 0 Å². The van der Waals surface area contributed by atoms with Crippen molar-refractivity contribution in [1.29, 1.82) is 0 Å². The SMILES string of the molecule is CSCCC(NC(=O)CNC(=O)Cc1ccccc1)c1nnc2ccccn12. The van der Waals surface area contributed by atoms with Crippen molar-refractivity contribution in [1.82, 2.24) is 25.2 Å². The number of aromatic nitrogens is 3. The molecule has 0 aliphatic heterocycles. The number of carbonyl (C=O) groups excluding carboxylic acids is 2.